The maximum atomic E-state index is 13.2. The minimum absolute atomic E-state index is 0.111. The number of hydrogen-bond acceptors (Lipinski definition) is 4. The molecule has 1 aromatic carbocycles. The van der Waals surface area contributed by atoms with Gasteiger partial charge in [0.1, 0.15) is 18.2 Å². The van der Waals surface area contributed by atoms with Gasteiger partial charge in [0.2, 0.25) is 10.0 Å². The largest absolute Gasteiger partial charge is 0.480 e. The lowest BCUT2D eigenvalue weighted by Crippen LogP contribution is -2.40. The molecule has 0 saturated carbocycles. The van der Waals surface area contributed by atoms with Crippen LogP contribution in [0.15, 0.2) is 23.1 Å². The van der Waals surface area contributed by atoms with E-state index in [-0.39, 0.29) is 13.1 Å². The van der Waals surface area contributed by atoms with Crippen LogP contribution in [-0.2, 0) is 14.8 Å². The highest BCUT2D eigenvalue weighted by Crippen LogP contribution is 2.18. The second-order valence-corrected chi connectivity index (χ2v) is 6.58. The van der Waals surface area contributed by atoms with E-state index in [2.05, 4.69) is 0 Å². The number of likely N-dealkylation sites (N-methyl/N-ethyl adjacent to an activating group) is 1. The van der Waals surface area contributed by atoms with Crippen LogP contribution >= 0.6 is 0 Å². The van der Waals surface area contributed by atoms with E-state index in [0.717, 1.165) is 0 Å². The molecule has 21 heavy (non-hydrogen) atoms. The lowest BCUT2D eigenvalue weighted by Gasteiger charge is -2.22. The fourth-order valence-electron chi connectivity index (χ4n) is 1.57. The van der Waals surface area contributed by atoms with E-state index in [4.69, 9.17) is 5.11 Å². The molecular weight excluding hydrogens is 306 g/mol. The molecule has 0 fully saturated rings. The van der Waals surface area contributed by atoms with Gasteiger partial charge in [0.15, 0.2) is 0 Å². The maximum Gasteiger partial charge on any atom is 0.318 e. The van der Waals surface area contributed by atoms with Crippen molar-refractivity contribution in [1.82, 2.24) is 9.21 Å². The Labute approximate surface area is 121 Å². The van der Waals surface area contributed by atoms with E-state index >= 15 is 0 Å². The van der Waals surface area contributed by atoms with Crippen LogP contribution in [0.3, 0.4) is 0 Å². The number of carboxylic acids is 1. The highest BCUT2D eigenvalue weighted by molar-refractivity contribution is 7.89. The van der Waals surface area contributed by atoms with Gasteiger partial charge in [0, 0.05) is 19.2 Å². The molecule has 6 nitrogen and oxygen atoms in total. The fraction of sp³-hybridized carbons (Fsp3) is 0.417. The number of aliphatic carboxylic acids is 1. The Kier molecular flexibility index (Phi) is 5.76. The lowest BCUT2D eigenvalue weighted by atomic mass is 10.3. The van der Waals surface area contributed by atoms with Gasteiger partial charge in [-0.3, -0.25) is 4.79 Å². The molecule has 0 saturated heterocycles. The molecule has 0 heterocycles. The van der Waals surface area contributed by atoms with Gasteiger partial charge in [0.05, 0.1) is 4.90 Å². The first-order valence-electron chi connectivity index (χ1n) is 5.95. The molecule has 1 N–H and O–H groups in total. The third-order valence-corrected chi connectivity index (χ3v) is 4.41. The van der Waals surface area contributed by atoms with Crippen LogP contribution in [0.1, 0.15) is 0 Å². The molecule has 118 valence electrons. The van der Waals surface area contributed by atoms with E-state index in [1.165, 1.54) is 0 Å². The van der Waals surface area contributed by atoms with Gasteiger partial charge in [-0.1, -0.05) is 0 Å². The number of sulfonamides is 1. The quantitative estimate of drug-likeness (QED) is 0.795. The normalized spacial score (nSPS) is 12.1. The molecule has 0 aliphatic heterocycles. The standard InChI is InChI=1S/C12H16F2N2O4S/c1-15(2)3-4-16(8-12(17)18)21(19,20)11-6-9(13)5-10(14)7-11/h5-7H,3-4,8H2,1-2H3,(H,17,18). The van der Waals surface area contributed by atoms with Gasteiger partial charge in [-0.2, -0.15) is 4.31 Å². The molecular formula is C12H16F2N2O4S. The molecule has 0 bridgehead atoms. The molecule has 0 unspecified atom stereocenters. The molecule has 0 aromatic heterocycles. The van der Waals surface area contributed by atoms with Crippen LogP contribution in [0.4, 0.5) is 8.78 Å². The van der Waals surface area contributed by atoms with Gasteiger partial charge in [0.25, 0.3) is 0 Å². The summed E-state index contributed by atoms with van der Waals surface area (Å²) >= 11 is 0. The molecule has 0 aliphatic rings. The van der Waals surface area contributed by atoms with Crippen molar-refractivity contribution in [3.8, 4) is 0 Å². The summed E-state index contributed by atoms with van der Waals surface area (Å²) in [6, 6.07) is 1.85. The van der Waals surface area contributed by atoms with Crippen molar-refractivity contribution in [3.05, 3.63) is 29.8 Å². The molecule has 1 aromatic rings. The molecule has 0 spiro atoms. The number of halogens is 2. The van der Waals surface area contributed by atoms with E-state index in [1.807, 2.05) is 0 Å². The topological polar surface area (TPSA) is 77.9 Å². The summed E-state index contributed by atoms with van der Waals surface area (Å²) in [7, 11) is -0.915. The van der Waals surface area contributed by atoms with Crippen molar-refractivity contribution in [2.24, 2.45) is 0 Å². The number of benzene rings is 1. The third kappa shape index (κ3) is 5.03. The summed E-state index contributed by atoms with van der Waals surface area (Å²) in [6.07, 6.45) is 0. The monoisotopic (exact) mass is 322 g/mol. The molecule has 0 aliphatic carbocycles. The SMILES string of the molecule is CN(C)CCN(CC(=O)O)S(=O)(=O)c1cc(F)cc(F)c1. The number of nitrogens with zero attached hydrogens (tertiary/aromatic N) is 2. The zero-order chi connectivity index (χ0) is 16.2. The first-order valence-corrected chi connectivity index (χ1v) is 7.39. The second-order valence-electron chi connectivity index (χ2n) is 4.64. The van der Waals surface area contributed by atoms with E-state index in [1.54, 1.807) is 19.0 Å². The van der Waals surface area contributed by atoms with Crippen molar-refractivity contribution in [2.45, 2.75) is 4.90 Å². The van der Waals surface area contributed by atoms with Crippen LogP contribution in [0.25, 0.3) is 0 Å². The number of hydrogen-bond donors (Lipinski definition) is 1. The smallest absolute Gasteiger partial charge is 0.318 e. The zero-order valence-electron chi connectivity index (χ0n) is 11.6. The van der Waals surface area contributed by atoms with Crippen LogP contribution < -0.4 is 0 Å². The van der Waals surface area contributed by atoms with Crippen molar-refractivity contribution in [2.75, 3.05) is 33.7 Å². The first-order chi connectivity index (χ1) is 9.62. The van der Waals surface area contributed by atoms with Crippen LogP contribution in [0, 0.1) is 11.6 Å². The number of carbonyl (C=O) groups is 1. The predicted molar refractivity (Wildman–Crippen MR) is 71.3 cm³/mol. The van der Waals surface area contributed by atoms with Gasteiger partial charge in [-0.25, -0.2) is 17.2 Å². The summed E-state index contributed by atoms with van der Waals surface area (Å²) in [5.41, 5.74) is 0. The van der Waals surface area contributed by atoms with Gasteiger partial charge < -0.3 is 10.0 Å². The minimum atomic E-state index is -4.29. The van der Waals surface area contributed by atoms with Crippen molar-refractivity contribution in [3.63, 3.8) is 0 Å². The number of carboxylic acid groups (broad SMARTS) is 1. The average molecular weight is 322 g/mol. The van der Waals surface area contributed by atoms with E-state index < -0.39 is 39.1 Å². The van der Waals surface area contributed by atoms with Crippen molar-refractivity contribution in [1.29, 1.82) is 0 Å². The van der Waals surface area contributed by atoms with Crippen LogP contribution in [0.5, 0.6) is 0 Å². The molecule has 9 heteroatoms. The highest BCUT2D eigenvalue weighted by Gasteiger charge is 2.27. The Balaban J connectivity index is 3.15. The fourth-order valence-corrected chi connectivity index (χ4v) is 3.00. The Bertz CT molecular complexity index is 599. The molecule has 1 rings (SSSR count). The zero-order valence-corrected chi connectivity index (χ0v) is 12.4. The lowest BCUT2D eigenvalue weighted by molar-refractivity contribution is -0.137. The summed E-state index contributed by atoms with van der Waals surface area (Å²) in [5, 5.41) is 8.80. The summed E-state index contributed by atoms with van der Waals surface area (Å²) < 4.78 is 51.6. The van der Waals surface area contributed by atoms with Crippen molar-refractivity contribution < 1.29 is 27.1 Å². The maximum absolute atomic E-state index is 13.2. The Morgan fingerprint density at radius 1 is 1.14 bits per heavy atom. The first kappa shape index (κ1) is 17.5. The summed E-state index contributed by atoms with van der Waals surface area (Å²) in [6.45, 7) is -0.627. The summed E-state index contributed by atoms with van der Waals surface area (Å²) in [5.74, 6) is -3.44. The third-order valence-electron chi connectivity index (χ3n) is 2.58. The van der Waals surface area contributed by atoms with Gasteiger partial charge >= 0.3 is 5.97 Å². The second kappa shape index (κ2) is 6.92. The van der Waals surface area contributed by atoms with Crippen LogP contribution in [0.2, 0.25) is 0 Å². The Morgan fingerprint density at radius 2 is 1.67 bits per heavy atom. The predicted octanol–water partition coefficient (Wildman–Crippen LogP) is 0.602. The van der Waals surface area contributed by atoms with Gasteiger partial charge in [-0.15, -0.1) is 0 Å². The van der Waals surface area contributed by atoms with E-state index in [9.17, 15) is 22.0 Å². The van der Waals surface area contributed by atoms with Gasteiger partial charge in [-0.05, 0) is 26.2 Å². The molecule has 0 amide bonds. The number of rotatable bonds is 7. The highest BCUT2D eigenvalue weighted by atomic mass is 32.2. The Hall–Kier alpha value is -1.58. The van der Waals surface area contributed by atoms with E-state index in [0.29, 0.717) is 22.5 Å². The molecule has 0 atom stereocenters. The Morgan fingerprint density at radius 3 is 2.10 bits per heavy atom. The van der Waals surface area contributed by atoms with Crippen LogP contribution in [-0.4, -0.2) is 62.4 Å². The summed E-state index contributed by atoms with van der Waals surface area (Å²) in [4.78, 5) is 11.9. The average Bonchev–Trinajstić information content (AvgIpc) is 2.32. The molecule has 0 radical (unpaired) electrons. The van der Waals surface area contributed by atoms with Crippen molar-refractivity contribution >= 4 is 16.0 Å². The minimum Gasteiger partial charge on any atom is -0.480 e.